The molecule has 2 aliphatic rings. The molecule has 0 spiro atoms. The zero-order valence-corrected chi connectivity index (χ0v) is 16.9. The third-order valence-electron chi connectivity index (χ3n) is 5.99. The topological polar surface area (TPSA) is 75.6 Å². The lowest BCUT2D eigenvalue weighted by Crippen LogP contribution is -2.31. The van der Waals surface area contributed by atoms with Gasteiger partial charge in [-0.15, -0.1) is 0 Å². The summed E-state index contributed by atoms with van der Waals surface area (Å²) in [6.07, 6.45) is 4.75. The normalized spacial score (nSPS) is 20.0. The van der Waals surface area contributed by atoms with E-state index in [2.05, 4.69) is 24.1 Å². The van der Waals surface area contributed by atoms with E-state index in [0.717, 1.165) is 49.0 Å². The van der Waals surface area contributed by atoms with Gasteiger partial charge in [0.05, 0.1) is 17.3 Å². The Balaban J connectivity index is 1.59. The van der Waals surface area contributed by atoms with Crippen molar-refractivity contribution in [2.45, 2.75) is 37.5 Å². The van der Waals surface area contributed by atoms with Crippen molar-refractivity contribution in [2.24, 2.45) is 7.05 Å². The second-order valence-corrected chi connectivity index (χ2v) is 8.32. The van der Waals surface area contributed by atoms with Gasteiger partial charge in [-0.25, -0.2) is 9.67 Å². The Kier molecular flexibility index (Phi) is 4.44. The molecule has 0 amide bonds. The molecular weight excluding hydrogens is 362 g/mol. The zero-order valence-electron chi connectivity index (χ0n) is 16.9. The molecule has 1 aliphatic heterocycles. The monoisotopic (exact) mass is 387 g/mol. The first-order valence-corrected chi connectivity index (χ1v) is 10.3. The molecule has 7 heteroatoms. The average Bonchev–Trinajstić information content (AvgIpc) is 3.36. The molecule has 0 N–H and O–H groups in total. The van der Waals surface area contributed by atoms with Gasteiger partial charge in [0.2, 0.25) is 0 Å². The van der Waals surface area contributed by atoms with Gasteiger partial charge in [-0.1, -0.05) is 0 Å². The highest BCUT2D eigenvalue weighted by Crippen LogP contribution is 2.41. The molecule has 1 unspecified atom stereocenters. The number of nitriles is 1. The van der Waals surface area contributed by atoms with Gasteiger partial charge in [0, 0.05) is 31.1 Å². The molecule has 7 nitrogen and oxygen atoms in total. The molecular formula is C22H25N7. The third kappa shape index (κ3) is 3.45. The van der Waals surface area contributed by atoms with Crippen molar-refractivity contribution < 1.29 is 0 Å². The molecule has 3 aromatic rings. The fourth-order valence-corrected chi connectivity index (χ4v) is 4.25. The van der Waals surface area contributed by atoms with Crippen LogP contribution in [0.2, 0.25) is 0 Å². The van der Waals surface area contributed by atoms with Crippen molar-refractivity contribution in [3.63, 3.8) is 0 Å². The molecule has 1 aliphatic carbocycles. The van der Waals surface area contributed by atoms with Crippen LogP contribution in [0.15, 0.2) is 30.3 Å². The van der Waals surface area contributed by atoms with E-state index in [1.165, 1.54) is 18.5 Å². The summed E-state index contributed by atoms with van der Waals surface area (Å²) in [5.74, 6) is 2.62. The Bertz CT molecular complexity index is 1070. The lowest BCUT2D eigenvalue weighted by atomic mass is 9.98. The molecule has 1 saturated carbocycles. The number of hydrogen-bond acceptors (Lipinski definition) is 5. The number of likely N-dealkylation sites (tertiary alicyclic amines) is 1. The Morgan fingerprint density at radius 2 is 1.83 bits per heavy atom. The van der Waals surface area contributed by atoms with Gasteiger partial charge >= 0.3 is 0 Å². The van der Waals surface area contributed by atoms with Gasteiger partial charge in [-0.05, 0) is 69.6 Å². The molecule has 3 heterocycles. The second kappa shape index (κ2) is 7.12. The minimum absolute atomic E-state index is 0.332. The van der Waals surface area contributed by atoms with Crippen molar-refractivity contribution in [1.29, 1.82) is 5.26 Å². The summed E-state index contributed by atoms with van der Waals surface area (Å²) >= 11 is 0. The molecule has 2 fully saturated rings. The molecule has 5 rings (SSSR count). The molecule has 148 valence electrons. The third-order valence-corrected chi connectivity index (χ3v) is 5.99. The Morgan fingerprint density at radius 1 is 1.03 bits per heavy atom. The standard InChI is InChI=1S/C22H25N7/c1-27-11-3-4-17(14-27)21-24-22(19-12-20(16-7-8-16)28(2)25-19)29(26-21)18-9-5-15(13-23)6-10-18/h5-6,9-10,12,16-17H,3-4,7-8,11,14H2,1-2H3. The van der Waals surface area contributed by atoms with E-state index in [4.69, 9.17) is 20.4 Å². The van der Waals surface area contributed by atoms with Crippen molar-refractivity contribution in [2.75, 3.05) is 20.1 Å². The number of benzene rings is 1. The predicted molar refractivity (Wildman–Crippen MR) is 110 cm³/mol. The number of aryl methyl sites for hydroxylation is 1. The summed E-state index contributed by atoms with van der Waals surface area (Å²) in [5.41, 5.74) is 3.67. The minimum Gasteiger partial charge on any atom is -0.306 e. The molecule has 1 atom stereocenters. The van der Waals surface area contributed by atoms with Crippen LogP contribution >= 0.6 is 0 Å². The number of rotatable bonds is 4. The van der Waals surface area contributed by atoms with Gasteiger partial charge in [0.15, 0.2) is 11.6 Å². The fraction of sp³-hybridized carbons (Fsp3) is 0.455. The summed E-state index contributed by atoms with van der Waals surface area (Å²) in [6.45, 7) is 2.11. The van der Waals surface area contributed by atoms with Gasteiger partial charge in [-0.3, -0.25) is 4.68 Å². The van der Waals surface area contributed by atoms with Crippen LogP contribution in [0.25, 0.3) is 17.2 Å². The van der Waals surface area contributed by atoms with Crippen LogP contribution in [-0.2, 0) is 7.05 Å². The summed E-state index contributed by atoms with van der Waals surface area (Å²) in [5, 5.41) is 18.8. The summed E-state index contributed by atoms with van der Waals surface area (Å²) < 4.78 is 3.88. The highest BCUT2D eigenvalue weighted by Gasteiger charge is 2.30. The van der Waals surface area contributed by atoms with Crippen molar-refractivity contribution in [3.8, 4) is 23.3 Å². The zero-order chi connectivity index (χ0) is 20.0. The second-order valence-electron chi connectivity index (χ2n) is 8.32. The SMILES string of the molecule is CN1CCCC(c2nc(-c3cc(C4CC4)n(C)n3)n(-c3ccc(C#N)cc3)n2)C1. The van der Waals surface area contributed by atoms with E-state index in [1.54, 1.807) is 0 Å². The van der Waals surface area contributed by atoms with E-state index in [1.807, 2.05) is 40.7 Å². The molecule has 29 heavy (non-hydrogen) atoms. The fourth-order valence-electron chi connectivity index (χ4n) is 4.25. The maximum atomic E-state index is 9.12. The van der Waals surface area contributed by atoms with E-state index >= 15 is 0 Å². The van der Waals surface area contributed by atoms with E-state index in [-0.39, 0.29) is 0 Å². The number of likely N-dealkylation sites (N-methyl/N-ethyl adjacent to an activating group) is 1. The summed E-state index contributed by atoms with van der Waals surface area (Å²) in [4.78, 5) is 7.33. The lowest BCUT2D eigenvalue weighted by molar-refractivity contribution is 0.246. The van der Waals surface area contributed by atoms with Crippen molar-refractivity contribution >= 4 is 0 Å². The molecule has 1 saturated heterocycles. The quantitative estimate of drug-likeness (QED) is 0.687. The van der Waals surface area contributed by atoms with Crippen LogP contribution in [-0.4, -0.2) is 49.6 Å². The van der Waals surface area contributed by atoms with Crippen LogP contribution in [0, 0.1) is 11.3 Å². The highest BCUT2D eigenvalue weighted by molar-refractivity contribution is 5.55. The van der Waals surface area contributed by atoms with Crippen molar-refractivity contribution in [3.05, 3.63) is 47.4 Å². The molecule has 2 aromatic heterocycles. The highest BCUT2D eigenvalue weighted by atomic mass is 15.4. The predicted octanol–water partition coefficient (Wildman–Crippen LogP) is 3.23. The number of hydrogen-bond donors (Lipinski definition) is 0. The van der Waals surface area contributed by atoms with E-state index in [9.17, 15) is 0 Å². The van der Waals surface area contributed by atoms with Crippen LogP contribution in [0.3, 0.4) is 0 Å². The first-order valence-electron chi connectivity index (χ1n) is 10.3. The largest absolute Gasteiger partial charge is 0.306 e. The summed E-state index contributed by atoms with van der Waals surface area (Å²) in [7, 11) is 4.17. The summed E-state index contributed by atoms with van der Waals surface area (Å²) in [6, 6.07) is 11.8. The van der Waals surface area contributed by atoms with Gasteiger partial charge in [0.1, 0.15) is 5.69 Å². The Labute approximate surface area is 170 Å². The average molecular weight is 387 g/mol. The van der Waals surface area contributed by atoms with Crippen LogP contribution in [0.1, 0.15) is 54.6 Å². The molecule has 0 radical (unpaired) electrons. The Hall–Kier alpha value is -2.98. The minimum atomic E-state index is 0.332. The first-order chi connectivity index (χ1) is 14.1. The number of nitrogens with zero attached hydrogens (tertiary/aromatic N) is 7. The first kappa shape index (κ1) is 18.1. The van der Waals surface area contributed by atoms with E-state index < -0.39 is 0 Å². The number of aromatic nitrogens is 5. The Morgan fingerprint density at radius 3 is 2.52 bits per heavy atom. The van der Waals surface area contributed by atoms with Crippen LogP contribution in [0.4, 0.5) is 0 Å². The van der Waals surface area contributed by atoms with Gasteiger partial charge in [-0.2, -0.15) is 15.5 Å². The maximum Gasteiger partial charge on any atom is 0.183 e. The molecule has 0 bridgehead atoms. The van der Waals surface area contributed by atoms with Crippen molar-refractivity contribution in [1.82, 2.24) is 29.4 Å². The maximum absolute atomic E-state index is 9.12. The van der Waals surface area contributed by atoms with E-state index in [0.29, 0.717) is 17.4 Å². The van der Waals surface area contributed by atoms with Gasteiger partial charge in [0.25, 0.3) is 0 Å². The van der Waals surface area contributed by atoms with Crippen LogP contribution in [0.5, 0.6) is 0 Å². The van der Waals surface area contributed by atoms with Gasteiger partial charge < -0.3 is 4.90 Å². The lowest BCUT2D eigenvalue weighted by Gasteiger charge is -2.27. The smallest absolute Gasteiger partial charge is 0.183 e. The number of piperidine rings is 1. The van der Waals surface area contributed by atoms with Crippen LogP contribution < -0.4 is 0 Å². The molecule has 1 aromatic carbocycles.